The molecule has 0 saturated heterocycles. The molecular weight excluding hydrogens is 274 g/mol. The molecule has 0 saturated carbocycles. The molecule has 0 aliphatic heterocycles. The predicted molar refractivity (Wildman–Crippen MR) is 82.9 cm³/mol. The van der Waals surface area contributed by atoms with Crippen LogP contribution in [0.2, 0.25) is 0 Å². The van der Waals surface area contributed by atoms with Crippen molar-refractivity contribution in [3.8, 4) is 0 Å². The maximum atomic E-state index is 4.36. The van der Waals surface area contributed by atoms with Crippen LogP contribution in [-0.2, 0) is 26.2 Å². The lowest BCUT2D eigenvalue weighted by molar-refractivity contribution is 0.534. The fourth-order valence-electron chi connectivity index (χ4n) is 2.24. The number of nitrogens with zero attached hydrogens (tertiary/aromatic N) is 4. The van der Waals surface area contributed by atoms with E-state index in [1.807, 2.05) is 17.1 Å². The smallest absolute Gasteiger partial charge is 0.0551 e. The molecule has 2 aromatic rings. The molecule has 112 valence electrons. The Morgan fingerprint density at radius 2 is 1.95 bits per heavy atom. The molecule has 0 radical (unpaired) electrons. The van der Waals surface area contributed by atoms with Crippen LogP contribution in [0.3, 0.4) is 0 Å². The highest BCUT2D eigenvalue weighted by atomic mass is 35.5. The summed E-state index contributed by atoms with van der Waals surface area (Å²) in [6, 6.07) is 2.08. The molecule has 0 aliphatic carbocycles. The minimum Gasteiger partial charge on any atom is -0.306 e. The van der Waals surface area contributed by atoms with E-state index < -0.39 is 0 Å². The molecule has 1 N–H and O–H groups in total. The first kappa shape index (κ1) is 16.7. The first-order valence-corrected chi connectivity index (χ1v) is 6.99. The van der Waals surface area contributed by atoms with E-state index in [9.17, 15) is 0 Å². The lowest BCUT2D eigenvalue weighted by Crippen LogP contribution is -2.19. The van der Waals surface area contributed by atoms with Gasteiger partial charge in [-0.3, -0.25) is 9.36 Å². The second-order valence-electron chi connectivity index (χ2n) is 4.74. The quantitative estimate of drug-likeness (QED) is 0.854. The average molecular weight is 298 g/mol. The van der Waals surface area contributed by atoms with Gasteiger partial charge in [0.25, 0.3) is 0 Å². The van der Waals surface area contributed by atoms with Crippen molar-refractivity contribution in [2.45, 2.75) is 53.4 Å². The molecule has 0 spiro atoms. The van der Waals surface area contributed by atoms with E-state index in [-0.39, 0.29) is 12.4 Å². The molecule has 6 heteroatoms. The Kier molecular flexibility index (Phi) is 6.75. The number of hydrogen-bond acceptors (Lipinski definition) is 3. The maximum Gasteiger partial charge on any atom is 0.0551 e. The number of nitrogens with one attached hydrogen (secondary N) is 1. The Hall–Kier alpha value is -1.33. The molecule has 0 amide bonds. The summed E-state index contributed by atoms with van der Waals surface area (Å²) in [5, 5.41) is 12.2. The molecule has 2 rings (SSSR count). The van der Waals surface area contributed by atoms with Gasteiger partial charge in [0, 0.05) is 32.4 Å². The first-order chi connectivity index (χ1) is 9.26. The first-order valence-electron chi connectivity index (χ1n) is 6.99. The Morgan fingerprint density at radius 1 is 1.15 bits per heavy atom. The van der Waals surface area contributed by atoms with Gasteiger partial charge >= 0.3 is 0 Å². The molecule has 20 heavy (non-hydrogen) atoms. The minimum absolute atomic E-state index is 0. The predicted octanol–water partition coefficient (Wildman–Crippen LogP) is 2.53. The van der Waals surface area contributed by atoms with Crippen molar-refractivity contribution in [2.75, 3.05) is 0 Å². The van der Waals surface area contributed by atoms with Crippen LogP contribution in [0.5, 0.6) is 0 Å². The largest absolute Gasteiger partial charge is 0.306 e. The van der Waals surface area contributed by atoms with Crippen LogP contribution in [0.25, 0.3) is 0 Å². The zero-order valence-electron chi connectivity index (χ0n) is 12.5. The number of aromatic nitrogens is 4. The van der Waals surface area contributed by atoms with E-state index in [1.165, 1.54) is 17.0 Å². The van der Waals surface area contributed by atoms with Crippen LogP contribution in [0.1, 0.15) is 37.2 Å². The minimum atomic E-state index is 0. The molecular formula is C14H24ClN5. The third-order valence-electron chi connectivity index (χ3n) is 3.30. The van der Waals surface area contributed by atoms with E-state index in [4.69, 9.17) is 0 Å². The van der Waals surface area contributed by atoms with Gasteiger partial charge in [0.2, 0.25) is 0 Å². The van der Waals surface area contributed by atoms with Gasteiger partial charge in [-0.15, -0.1) is 12.4 Å². The van der Waals surface area contributed by atoms with Gasteiger partial charge in [-0.2, -0.15) is 10.2 Å². The van der Waals surface area contributed by atoms with Gasteiger partial charge in [0.15, 0.2) is 0 Å². The van der Waals surface area contributed by atoms with E-state index in [2.05, 4.69) is 47.0 Å². The van der Waals surface area contributed by atoms with Crippen LogP contribution in [0.4, 0.5) is 0 Å². The summed E-state index contributed by atoms with van der Waals surface area (Å²) in [5.74, 6) is 0. The molecule has 0 bridgehead atoms. The molecule has 5 nitrogen and oxygen atoms in total. The van der Waals surface area contributed by atoms with Crippen LogP contribution in [0.15, 0.2) is 18.5 Å². The van der Waals surface area contributed by atoms with Crippen LogP contribution in [-0.4, -0.2) is 19.6 Å². The average Bonchev–Trinajstić information content (AvgIpc) is 2.98. The van der Waals surface area contributed by atoms with E-state index in [1.54, 1.807) is 0 Å². The van der Waals surface area contributed by atoms with Gasteiger partial charge in [-0.1, -0.05) is 6.92 Å². The third kappa shape index (κ3) is 3.84. The van der Waals surface area contributed by atoms with Crippen LogP contribution >= 0.6 is 12.4 Å². The summed E-state index contributed by atoms with van der Waals surface area (Å²) in [6.07, 6.45) is 4.91. The van der Waals surface area contributed by atoms with Crippen molar-refractivity contribution in [3.63, 3.8) is 0 Å². The fraction of sp³-hybridized carbons (Fsp3) is 0.571. The lowest BCUT2D eigenvalue weighted by atomic mass is 10.2. The monoisotopic (exact) mass is 297 g/mol. The highest BCUT2D eigenvalue weighted by Crippen LogP contribution is 2.07. The van der Waals surface area contributed by atoms with Crippen molar-refractivity contribution in [1.82, 2.24) is 24.9 Å². The Labute approximate surface area is 126 Å². The SMILES string of the molecule is CCCn1nccc1CNCc1c(C)cnn1CC.Cl. The summed E-state index contributed by atoms with van der Waals surface area (Å²) in [5.41, 5.74) is 3.75. The summed E-state index contributed by atoms with van der Waals surface area (Å²) >= 11 is 0. The molecule has 2 heterocycles. The van der Waals surface area contributed by atoms with E-state index in [0.717, 1.165) is 32.6 Å². The lowest BCUT2D eigenvalue weighted by Gasteiger charge is -2.09. The fourth-order valence-corrected chi connectivity index (χ4v) is 2.24. The summed E-state index contributed by atoms with van der Waals surface area (Å²) in [4.78, 5) is 0. The van der Waals surface area contributed by atoms with Crippen molar-refractivity contribution in [1.29, 1.82) is 0 Å². The van der Waals surface area contributed by atoms with Gasteiger partial charge < -0.3 is 5.32 Å². The molecule has 0 fully saturated rings. The van der Waals surface area contributed by atoms with Crippen molar-refractivity contribution in [3.05, 3.63) is 35.4 Å². The van der Waals surface area contributed by atoms with E-state index >= 15 is 0 Å². The maximum absolute atomic E-state index is 4.36. The van der Waals surface area contributed by atoms with Crippen LogP contribution < -0.4 is 5.32 Å². The zero-order chi connectivity index (χ0) is 13.7. The zero-order valence-corrected chi connectivity index (χ0v) is 13.3. The number of aryl methyl sites for hydroxylation is 3. The topological polar surface area (TPSA) is 47.7 Å². The van der Waals surface area contributed by atoms with Gasteiger partial charge in [-0.25, -0.2) is 0 Å². The summed E-state index contributed by atoms with van der Waals surface area (Å²) in [7, 11) is 0. The van der Waals surface area contributed by atoms with E-state index in [0.29, 0.717) is 0 Å². The van der Waals surface area contributed by atoms with Crippen molar-refractivity contribution >= 4 is 12.4 Å². The van der Waals surface area contributed by atoms with Gasteiger partial charge in [-0.05, 0) is 31.9 Å². The number of hydrogen-bond donors (Lipinski definition) is 1. The highest BCUT2D eigenvalue weighted by molar-refractivity contribution is 5.85. The van der Waals surface area contributed by atoms with Crippen LogP contribution in [0, 0.1) is 6.92 Å². The van der Waals surface area contributed by atoms with Gasteiger partial charge in [0.05, 0.1) is 17.6 Å². The second-order valence-corrected chi connectivity index (χ2v) is 4.74. The Balaban J connectivity index is 0.00000200. The normalized spacial score (nSPS) is 10.6. The number of rotatable bonds is 7. The highest BCUT2D eigenvalue weighted by Gasteiger charge is 2.06. The Morgan fingerprint density at radius 3 is 2.65 bits per heavy atom. The summed E-state index contributed by atoms with van der Waals surface area (Å²) in [6.45, 7) is 9.98. The second kappa shape index (κ2) is 8.07. The van der Waals surface area contributed by atoms with Crippen molar-refractivity contribution in [2.24, 2.45) is 0 Å². The molecule has 0 aliphatic rings. The summed E-state index contributed by atoms with van der Waals surface area (Å²) < 4.78 is 4.11. The molecule has 0 atom stereocenters. The van der Waals surface area contributed by atoms with Crippen molar-refractivity contribution < 1.29 is 0 Å². The molecule has 0 unspecified atom stereocenters. The molecule has 0 aromatic carbocycles. The van der Waals surface area contributed by atoms with Gasteiger partial charge in [0.1, 0.15) is 0 Å². The third-order valence-corrected chi connectivity index (χ3v) is 3.30. The molecule has 2 aromatic heterocycles. The number of halogens is 1. The Bertz CT molecular complexity index is 517. The standard InChI is InChI=1S/C14H23N5.ClH/c1-4-8-19-13(6-7-16-19)10-15-11-14-12(3)9-17-18(14)5-2;/h6-7,9,15H,4-5,8,10-11H2,1-3H3;1H.